The average molecular weight is 371 g/mol. The molecule has 3 aromatic rings. The largest absolute Gasteiger partial charge is 0.349 e. The van der Waals surface area contributed by atoms with Crippen LogP contribution in [-0.2, 0) is 4.57 Å². The van der Waals surface area contributed by atoms with Crippen LogP contribution in [0.4, 0.5) is 0 Å². The molecule has 0 unspecified atom stereocenters. The Labute approximate surface area is 151 Å². The molecule has 0 saturated heterocycles. The van der Waals surface area contributed by atoms with E-state index in [0.29, 0.717) is 10.6 Å². The summed E-state index contributed by atoms with van der Waals surface area (Å²) in [5.74, 6) is 0.866. The van der Waals surface area contributed by atoms with E-state index < -0.39 is 7.60 Å². The van der Waals surface area contributed by atoms with Gasteiger partial charge in [0.15, 0.2) is 0 Å². The van der Waals surface area contributed by atoms with Crippen LogP contribution in [0.25, 0.3) is 28.3 Å². The molecule has 2 N–H and O–H groups in total. The maximum atomic E-state index is 11.1. The van der Waals surface area contributed by atoms with E-state index >= 15 is 0 Å². The highest BCUT2D eigenvalue weighted by molar-refractivity contribution is 7.55. The summed E-state index contributed by atoms with van der Waals surface area (Å²) >= 11 is 6.62. The second-order valence-corrected chi connectivity index (χ2v) is 7.38. The predicted octanol–water partition coefficient (Wildman–Crippen LogP) is 5.82. The van der Waals surface area contributed by atoms with E-state index in [0.717, 1.165) is 28.1 Å². The molecule has 0 fully saturated rings. The molecule has 0 saturated carbocycles. The van der Waals surface area contributed by atoms with Crippen LogP contribution in [0.2, 0.25) is 5.02 Å². The maximum Gasteiger partial charge on any atom is 0.349 e. The Balaban J connectivity index is 2.23. The standard InChI is InChI=1S/C20H16ClO3P/c21-20-17(13-14-25(22,23)24)11-12-18(15-7-3-1-4-8-15)19(20)16-9-5-2-6-10-16/h1-14H,(H2,22,23,24)/b14-13+. The molecule has 3 aromatic carbocycles. The van der Waals surface area contributed by atoms with Gasteiger partial charge in [0.1, 0.15) is 0 Å². The van der Waals surface area contributed by atoms with E-state index in [1.165, 1.54) is 6.08 Å². The molecule has 0 atom stereocenters. The lowest BCUT2D eigenvalue weighted by molar-refractivity contribution is 0.386. The highest BCUT2D eigenvalue weighted by Crippen LogP contribution is 2.42. The van der Waals surface area contributed by atoms with Crippen LogP contribution in [0.15, 0.2) is 78.6 Å². The predicted molar refractivity (Wildman–Crippen MR) is 103 cm³/mol. The van der Waals surface area contributed by atoms with E-state index in [1.54, 1.807) is 6.07 Å². The van der Waals surface area contributed by atoms with Crippen LogP contribution in [-0.4, -0.2) is 9.79 Å². The van der Waals surface area contributed by atoms with E-state index in [1.807, 2.05) is 66.7 Å². The first-order valence-electron chi connectivity index (χ1n) is 7.63. The number of halogens is 1. The van der Waals surface area contributed by atoms with Crippen molar-refractivity contribution in [2.24, 2.45) is 0 Å². The van der Waals surface area contributed by atoms with Gasteiger partial charge in [-0.1, -0.05) is 84.4 Å². The smallest absolute Gasteiger partial charge is 0.321 e. The summed E-state index contributed by atoms with van der Waals surface area (Å²) in [7, 11) is -4.25. The van der Waals surface area contributed by atoms with Crippen molar-refractivity contribution in [1.82, 2.24) is 0 Å². The Bertz CT molecular complexity index is 947. The zero-order valence-corrected chi connectivity index (χ0v) is 14.9. The molecule has 5 heteroatoms. The SMILES string of the molecule is O=P(O)(O)/C=C/c1ccc(-c2ccccc2)c(-c2ccccc2)c1Cl. The van der Waals surface area contributed by atoms with Crippen LogP contribution in [0, 0.1) is 0 Å². The molecule has 0 aliphatic rings. The molecular weight excluding hydrogens is 355 g/mol. The van der Waals surface area contributed by atoms with Gasteiger partial charge in [-0.25, -0.2) is 0 Å². The zero-order chi connectivity index (χ0) is 17.9. The fraction of sp³-hybridized carbons (Fsp3) is 0. The normalized spacial score (nSPS) is 11.8. The maximum absolute atomic E-state index is 11.1. The summed E-state index contributed by atoms with van der Waals surface area (Å²) in [6.07, 6.45) is 1.37. The third kappa shape index (κ3) is 4.28. The third-order valence-electron chi connectivity index (χ3n) is 3.77. The van der Waals surface area contributed by atoms with Gasteiger partial charge in [-0.15, -0.1) is 0 Å². The number of hydrogen-bond donors (Lipinski definition) is 2. The topological polar surface area (TPSA) is 57.5 Å². The Morgan fingerprint density at radius 1 is 0.800 bits per heavy atom. The highest BCUT2D eigenvalue weighted by atomic mass is 35.5. The monoisotopic (exact) mass is 370 g/mol. The highest BCUT2D eigenvalue weighted by Gasteiger charge is 2.15. The molecule has 3 nitrogen and oxygen atoms in total. The summed E-state index contributed by atoms with van der Waals surface area (Å²) in [5.41, 5.74) is 4.32. The van der Waals surface area contributed by atoms with Gasteiger partial charge in [0.05, 0.1) is 5.02 Å². The number of benzene rings is 3. The van der Waals surface area contributed by atoms with Crippen LogP contribution >= 0.6 is 19.2 Å². The van der Waals surface area contributed by atoms with Crippen LogP contribution in [0.3, 0.4) is 0 Å². The molecule has 0 radical (unpaired) electrons. The van der Waals surface area contributed by atoms with Gasteiger partial charge in [-0.05, 0) is 28.3 Å². The first-order valence-corrected chi connectivity index (χ1v) is 9.69. The first kappa shape index (κ1) is 17.7. The minimum Gasteiger partial charge on any atom is -0.321 e. The molecule has 0 bridgehead atoms. The summed E-state index contributed by atoms with van der Waals surface area (Å²) in [4.78, 5) is 18.1. The minimum atomic E-state index is -4.25. The number of rotatable bonds is 4. The van der Waals surface area contributed by atoms with Gasteiger partial charge >= 0.3 is 7.60 Å². The fourth-order valence-electron chi connectivity index (χ4n) is 2.64. The van der Waals surface area contributed by atoms with Crippen LogP contribution in [0.5, 0.6) is 0 Å². The Hall–Kier alpha value is -2.16. The van der Waals surface area contributed by atoms with Crippen molar-refractivity contribution in [2.75, 3.05) is 0 Å². The number of hydrogen-bond acceptors (Lipinski definition) is 1. The summed E-state index contributed by atoms with van der Waals surface area (Å²) in [5, 5.41) is 0.456. The van der Waals surface area contributed by atoms with E-state index in [9.17, 15) is 4.57 Å². The molecule has 0 spiro atoms. The van der Waals surface area contributed by atoms with Crippen molar-refractivity contribution in [2.45, 2.75) is 0 Å². The van der Waals surface area contributed by atoms with Gasteiger partial charge in [0.25, 0.3) is 0 Å². The van der Waals surface area contributed by atoms with Crippen molar-refractivity contribution >= 4 is 25.3 Å². The summed E-state index contributed by atoms with van der Waals surface area (Å²) in [6, 6.07) is 23.3. The Kier molecular flexibility index (Phi) is 5.22. The lowest BCUT2D eigenvalue weighted by atomic mass is 9.92. The van der Waals surface area contributed by atoms with Gasteiger partial charge < -0.3 is 9.79 Å². The van der Waals surface area contributed by atoms with Crippen LogP contribution in [0.1, 0.15) is 5.56 Å². The fourth-order valence-corrected chi connectivity index (χ4v) is 3.34. The van der Waals surface area contributed by atoms with Gasteiger partial charge in [-0.3, -0.25) is 4.57 Å². The Morgan fingerprint density at radius 3 is 1.92 bits per heavy atom. The van der Waals surface area contributed by atoms with Gasteiger partial charge in [0.2, 0.25) is 0 Å². The molecule has 0 amide bonds. The van der Waals surface area contributed by atoms with Crippen molar-refractivity contribution < 1.29 is 14.4 Å². The minimum absolute atomic E-state index is 0.456. The molecule has 3 rings (SSSR count). The van der Waals surface area contributed by atoms with Gasteiger partial charge in [0, 0.05) is 11.4 Å². The molecular formula is C20H16ClO3P. The quantitative estimate of drug-likeness (QED) is 0.569. The van der Waals surface area contributed by atoms with E-state index in [4.69, 9.17) is 21.4 Å². The second-order valence-electron chi connectivity index (χ2n) is 5.53. The van der Waals surface area contributed by atoms with Crippen molar-refractivity contribution in [1.29, 1.82) is 0 Å². The summed E-state index contributed by atoms with van der Waals surface area (Å²) < 4.78 is 11.1. The van der Waals surface area contributed by atoms with E-state index in [2.05, 4.69) is 0 Å². The van der Waals surface area contributed by atoms with Crippen LogP contribution < -0.4 is 0 Å². The third-order valence-corrected chi connectivity index (χ3v) is 4.71. The van der Waals surface area contributed by atoms with Crippen molar-refractivity contribution in [3.8, 4) is 22.3 Å². The molecule has 0 aliphatic heterocycles. The lowest BCUT2D eigenvalue weighted by Gasteiger charge is -2.14. The molecule has 0 aliphatic carbocycles. The molecule has 0 aromatic heterocycles. The lowest BCUT2D eigenvalue weighted by Crippen LogP contribution is -1.89. The first-order chi connectivity index (χ1) is 12.0. The van der Waals surface area contributed by atoms with E-state index in [-0.39, 0.29) is 0 Å². The molecule has 126 valence electrons. The van der Waals surface area contributed by atoms with Gasteiger partial charge in [-0.2, -0.15) is 0 Å². The molecule has 25 heavy (non-hydrogen) atoms. The Morgan fingerprint density at radius 2 is 1.36 bits per heavy atom. The second kappa shape index (κ2) is 7.38. The van der Waals surface area contributed by atoms with Crippen molar-refractivity contribution in [3.63, 3.8) is 0 Å². The summed E-state index contributed by atoms with van der Waals surface area (Å²) in [6.45, 7) is 0. The van der Waals surface area contributed by atoms with Crippen molar-refractivity contribution in [3.05, 3.63) is 89.2 Å². The molecule has 0 heterocycles. The average Bonchev–Trinajstić information content (AvgIpc) is 2.61. The zero-order valence-electron chi connectivity index (χ0n) is 13.2.